The van der Waals surface area contributed by atoms with Gasteiger partial charge < -0.3 is 10.4 Å². The molecular formula is C18H21FN2O3. The van der Waals surface area contributed by atoms with Crippen LogP contribution < -0.4 is 5.32 Å². The van der Waals surface area contributed by atoms with Crippen molar-refractivity contribution in [2.75, 3.05) is 0 Å². The summed E-state index contributed by atoms with van der Waals surface area (Å²) in [4.78, 5) is 10.7. The summed E-state index contributed by atoms with van der Waals surface area (Å²) in [6, 6.07) is 10.2. The lowest BCUT2D eigenvalue weighted by molar-refractivity contribution is -0.385. The Morgan fingerprint density at radius 1 is 1.17 bits per heavy atom. The van der Waals surface area contributed by atoms with Crippen molar-refractivity contribution in [3.63, 3.8) is 0 Å². The van der Waals surface area contributed by atoms with E-state index in [4.69, 9.17) is 0 Å². The molecule has 0 radical (unpaired) electrons. The maximum absolute atomic E-state index is 13.0. The zero-order valence-electron chi connectivity index (χ0n) is 13.9. The van der Waals surface area contributed by atoms with Crippen molar-refractivity contribution < 1.29 is 14.4 Å². The van der Waals surface area contributed by atoms with E-state index in [1.54, 1.807) is 25.1 Å². The molecule has 3 unspecified atom stereocenters. The van der Waals surface area contributed by atoms with Crippen molar-refractivity contribution in [2.24, 2.45) is 0 Å². The number of halogens is 1. The van der Waals surface area contributed by atoms with Gasteiger partial charge >= 0.3 is 0 Å². The minimum absolute atomic E-state index is 0.0767. The molecule has 0 saturated heterocycles. The van der Waals surface area contributed by atoms with Crippen LogP contribution in [0.2, 0.25) is 0 Å². The van der Waals surface area contributed by atoms with E-state index in [0.29, 0.717) is 11.1 Å². The number of nitro groups is 1. The van der Waals surface area contributed by atoms with Gasteiger partial charge in [0, 0.05) is 23.7 Å². The summed E-state index contributed by atoms with van der Waals surface area (Å²) in [6.45, 7) is 5.42. The molecule has 0 fully saturated rings. The number of aliphatic hydroxyl groups is 1. The number of benzene rings is 2. The molecule has 0 aliphatic rings. The molecule has 0 heterocycles. The Hall–Kier alpha value is -2.31. The van der Waals surface area contributed by atoms with Gasteiger partial charge in [-0.1, -0.05) is 24.3 Å². The number of rotatable bonds is 6. The third-order valence-corrected chi connectivity index (χ3v) is 4.21. The fourth-order valence-electron chi connectivity index (χ4n) is 2.83. The second-order valence-corrected chi connectivity index (χ2v) is 5.92. The Morgan fingerprint density at radius 3 is 2.38 bits per heavy atom. The highest BCUT2D eigenvalue weighted by Gasteiger charge is 2.22. The second-order valence-electron chi connectivity index (χ2n) is 5.92. The van der Waals surface area contributed by atoms with Gasteiger partial charge in [-0.15, -0.1) is 0 Å². The van der Waals surface area contributed by atoms with Crippen molar-refractivity contribution in [3.05, 3.63) is 75.1 Å². The monoisotopic (exact) mass is 332 g/mol. The third kappa shape index (κ3) is 3.96. The van der Waals surface area contributed by atoms with Gasteiger partial charge in [-0.05, 0) is 44.0 Å². The summed E-state index contributed by atoms with van der Waals surface area (Å²) in [5.74, 6) is -0.354. The summed E-state index contributed by atoms with van der Waals surface area (Å²) in [5, 5.41) is 24.7. The zero-order chi connectivity index (χ0) is 17.9. The average Bonchev–Trinajstić information content (AvgIpc) is 2.54. The van der Waals surface area contributed by atoms with Gasteiger partial charge in [0.1, 0.15) is 5.82 Å². The molecule has 0 spiro atoms. The summed E-state index contributed by atoms with van der Waals surface area (Å²) < 4.78 is 13.0. The summed E-state index contributed by atoms with van der Waals surface area (Å²) in [5.41, 5.74) is 2.10. The molecule has 2 aromatic rings. The second kappa shape index (κ2) is 7.51. The SMILES string of the molecule is Cc1c(C(C)NC(C)C(O)c2ccc(F)cc2)cccc1[N+](=O)[O-]. The van der Waals surface area contributed by atoms with Crippen LogP contribution >= 0.6 is 0 Å². The van der Waals surface area contributed by atoms with Crippen LogP contribution in [-0.2, 0) is 0 Å². The first-order valence-electron chi connectivity index (χ1n) is 7.74. The quantitative estimate of drug-likeness (QED) is 0.623. The third-order valence-electron chi connectivity index (χ3n) is 4.21. The van der Waals surface area contributed by atoms with E-state index in [1.165, 1.54) is 18.2 Å². The molecule has 5 nitrogen and oxygen atoms in total. The van der Waals surface area contributed by atoms with Gasteiger partial charge in [0.15, 0.2) is 0 Å². The van der Waals surface area contributed by atoms with Gasteiger partial charge in [-0.25, -0.2) is 4.39 Å². The molecule has 0 saturated carbocycles. The normalized spacial score (nSPS) is 14.9. The molecule has 0 aliphatic carbocycles. The highest BCUT2D eigenvalue weighted by molar-refractivity contribution is 5.45. The van der Waals surface area contributed by atoms with Crippen LogP contribution in [0.1, 0.15) is 42.7 Å². The van der Waals surface area contributed by atoms with Crippen LogP contribution in [0.3, 0.4) is 0 Å². The van der Waals surface area contributed by atoms with Crippen molar-refractivity contribution in [2.45, 2.75) is 39.0 Å². The van der Waals surface area contributed by atoms with Crippen LogP contribution in [0.15, 0.2) is 42.5 Å². The van der Waals surface area contributed by atoms with Crippen LogP contribution in [0.4, 0.5) is 10.1 Å². The summed E-state index contributed by atoms with van der Waals surface area (Å²) in [6.07, 6.45) is -0.813. The number of hydrogen-bond donors (Lipinski definition) is 2. The highest BCUT2D eigenvalue weighted by Crippen LogP contribution is 2.27. The molecule has 2 aromatic carbocycles. The number of nitro benzene ring substituents is 1. The van der Waals surface area contributed by atoms with E-state index in [9.17, 15) is 19.6 Å². The predicted octanol–water partition coefficient (Wildman–Crippen LogP) is 3.82. The average molecular weight is 332 g/mol. The Bertz CT molecular complexity index is 719. The van der Waals surface area contributed by atoms with Crippen LogP contribution in [-0.4, -0.2) is 16.1 Å². The van der Waals surface area contributed by atoms with Crippen molar-refractivity contribution >= 4 is 5.69 Å². The maximum atomic E-state index is 13.0. The van der Waals surface area contributed by atoms with E-state index in [1.807, 2.05) is 19.9 Å². The summed E-state index contributed by atoms with van der Waals surface area (Å²) in [7, 11) is 0. The van der Waals surface area contributed by atoms with E-state index in [0.717, 1.165) is 5.56 Å². The van der Waals surface area contributed by atoms with E-state index in [-0.39, 0.29) is 23.6 Å². The van der Waals surface area contributed by atoms with Gasteiger partial charge in [0.25, 0.3) is 5.69 Å². The number of nitrogens with zero attached hydrogens (tertiary/aromatic N) is 1. The predicted molar refractivity (Wildman–Crippen MR) is 90.2 cm³/mol. The maximum Gasteiger partial charge on any atom is 0.272 e. The molecule has 2 rings (SSSR count). The number of hydrogen-bond acceptors (Lipinski definition) is 4. The standard InChI is InChI=1S/C18H21FN2O3/c1-11-16(5-4-6-17(11)21(23)24)12(2)20-13(3)18(22)14-7-9-15(19)10-8-14/h4-10,12-13,18,20,22H,1-3H3. The van der Waals surface area contributed by atoms with Crippen LogP contribution in [0.25, 0.3) is 0 Å². The molecule has 2 N–H and O–H groups in total. The molecule has 0 bridgehead atoms. The minimum atomic E-state index is -0.813. The molecule has 24 heavy (non-hydrogen) atoms. The summed E-state index contributed by atoms with van der Waals surface area (Å²) >= 11 is 0. The fourth-order valence-corrected chi connectivity index (χ4v) is 2.83. The van der Waals surface area contributed by atoms with E-state index in [2.05, 4.69) is 5.32 Å². The van der Waals surface area contributed by atoms with Gasteiger partial charge in [0.2, 0.25) is 0 Å². The van der Waals surface area contributed by atoms with Crippen molar-refractivity contribution in [1.82, 2.24) is 5.32 Å². The van der Waals surface area contributed by atoms with Gasteiger partial charge in [-0.2, -0.15) is 0 Å². The Labute approximate surface area is 140 Å². The first-order valence-corrected chi connectivity index (χ1v) is 7.74. The molecule has 0 aliphatic heterocycles. The van der Waals surface area contributed by atoms with Gasteiger partial charge in [0.05, 0.1) is 11.0 Å². The van der Waals surface area contributed by atoms with E-state index < -0.39 is 11.0 Å². The molecule has 0 amide bonds. The van der Waals surface area contributed by atoms with Crippen LogP contribution in [0.5, 0.6) is 0 Å². The lowest BCUT2D eigenvalue weighted by Crippen LogP contribution is -2.34. The Morgan fingerprint density at radius 2 is 1.79 bits per heavy atom. The number of aliphatic hydroxyl groups excluding tert-OH is 1. The van der Waals surface area contributed by atoms with Crippen LogP contribution in [0, 0.1) is 22.9 Å². The Kier molecular flexibility index (Phi) is 5.64. The zero-order valence-corrected chi connectivity index (χ0v) is 13.9. The molecule has 6 heteroatoms. The van der Waals surface area contributed by atoms with E-state index >= 15 is 0 Å². The molecule has 0 aromatic heterocycles. The topological polar surface area (TPSA) is 75.4 Å². The minimum Gasteiger partial charge on any atom is -0.387 e. The first kappa shape index (κ1) is 18.0. The Balaban J connectivity index is 2.14. The molecule has 3 atom stereocenters. The number of nitrogens with one attached hydrogen (secondary N) is 1. The lowest BCUT2D eigenvalue weighted by Gasteiger charge is -2.25. The smallest absolute Gasteiger partial charge is 0.272 e. The fraction of sp³-hybridized carbons (Fsp3) is 0.333. The lowest BCUT2D eigenvalue weighted by atomic mass is 9.98. The van der Waals surface area contributed by atoms with Gasteiger partial charge in [-0.3, -0.25) is 10.1 Å². The molecule has 128 valence electrons. The van der Waals surface area contributed by atoms with Crippen molar-refractivity contribution in [1.29, 1.82) is 0 Å². The highest BCUT2D eigenvalue weighted by atomic mass is 19.1. The first-order chi connectivity index (χ1) is 11.3. The van der Waals surface area contributed by atoms with Crippen molar-refractivity contribution in [3.8, 4) is 0 Å². The molecular weight excluding hydrogens is 311 g/mol. The largest absolute Gasteiger partial charge is 0.387 e.